The van der Waals surface area contributed by atoms with Crippen LogP contribution in [0.25, 0.3) is 0 Å². The van der Waals surface area contributed by atoms with Crippen molar-refractivity contribution in [3.8, 4) is 0 Å². The van der Waals surface area contributed by atoms with Crippen molar-refractivity contribution in [1.82, 2.24) is 4.98 Å². The van der Waals surface area contributed by atoms with Crippen molar-refractivity contribution in [2.45, 2.75) is 11.0 Å². The molecule has 0 aliphatic rings. The van der Waals surface area contributed by atoms with Gasteiger partial charge in [-0.3, -0.25) is 4.98 Å². The summed E-state index contributed by atoms with van der Waals surface area (Å²) in [7, 11) is 0. The lowest BCUT2D eigenvalue weighted by molar-refractivity contribution is -0.128. The molecule has 1 heterocycles. The van der Waals surface area contributed by atoms with Gasteiger partial charge in [0.2, 0.25) is 0 Å². The van der Waals surface area contributed by atoms with E-state index in [-0.39, 0.29) is 5.69 Å². The predicted octanol–water partition coefficient (Wildman–Crippen LogP) is 3.84. The minimum Gasteiger partial charge on any atom is -0.259 e. The van der Waals surface area contributed by atoms with Gasteiger partial charge >= 0.3 is 6.18 Å². The zero-order chi connectivity index (χ0) is 10.1. The van der Waals surface area contributed by atoms with Crippen molar-refractivity contribution in [3.05, 3.63) is 28.5 Å². The average Bonchev–Trinajstić information content (AvgIpc) is 2.03. The highest BCUT2D eigenvalue weighted by molar-refractivity contribution is 9.10. The van der Waals surface area contributed by atoms with Gasteiger partial charge in [-0.25, -0.2) is 0 Å². The number of nitrogens with zero attached hydrogens (tertiary/aromatic N) is 1. The number of aromatic nitrogens is 1. The summed E-state index contributed by atoms with van der Waals surface area (Å²) in [6.45, 7) is 0. The standard InChI is InChI=1S/C7H4Br2F3N/c8-4-1-2-5(13-3-4)6(9)7(10,11)12/h1-3,6H. The summed E-state index contributed by atoms with van der Waals surface area (Å²) in [4.78, 5) is 1.93. The van der Waals surface area contributed by atoms with E-state index in [0.717, 1.165) is 0 Å². The van der Waals surface area contributed by atoms with Gasteiger partial charge in [0, 0.05) is 10.7 Å². The number of alkyl halides is 4. The second-order valence-electron chi connectivity index (χ2n) is 2.31. The molecule has 0 aromatic carbocycles. The highest BCUT2D eigenvalue weighted by Gasteiger charge is 2.39. The number of rotatable bonds is 1. The van der Waals surface area contributed by atoms with E-state index in [0.29, 0.717) is 4.47 Å². The van der Waals surface area contributed by atoms with Crippen LogP contribution in [0.1, 0.15) is 10.5 Å². The van der Waals surface area contributed by atoms with Crippen molar-refractivity contribution in [2.75, 3.05) is 0 Å². The molecule has 72 valence electrons. The van der Waals surface area contributed by atoms with E-state index in [4.69, 9.17) is 0 Å². The molecule has 0 saturated carbocycles. The Balaban J connectivity index is 2.90. The molecule has 1 atom stereocenters. The van der Waals surface area contributed by atoms with E-state index < -0.39 is 11.0 Å². The van der Waals surface area contributed by atoms with Crippen LogP contribution in [-0.2, 0) is 0 Å². The Bertz CT molecular complexity index is 283. The van der Waals surface area contributed by atoms with Crippen molar-refractivity contribution in [2.24, 2.45) is 0 Å². The van der Waals surface area contributed by atoms with Crippen LogP contribution in [0.2, 0.25) is 0 Å². The molecule has 0 spiro atoms. The first kappa shape index (κ1) is 11.0. The lowest BCUT2D eigenvalue weighted by Crippen LogP contribution is -2.16. The van der Waals surface area contributed by atoms with Crippen molar-refractivity contribution < 1.29 is 13.2 Å². The van der Waals surface area contributed by atoms with Crippen LogP contribution in [-0.4, -0.2) is 11.2 Å². The fourth-order valence-corrected chi connectivity index (χ4v) is 1.21. The lowest BCUT2D eigenvalue weighted by atomic mass is 10.3. The van der Waals surface area contributed by atoms with Gasteiger partial charge in [0.15, 0.2) is 4.83 Å². The zero-order valence-corrected chi connectivity index (χ0v) is 9.32. The molecule has 1 rings (SSSR count). The Labute approximate surface area is 89.6 Å². The molecular weight excluding hydrogens is 315 g/mol. The maximum absolute atomic E-state index is 12.1. The number of halogens is 5. The Morgan fingerprint density at radius 3 is 2.31 bits per heavy atom. The minimum atomic E-state index is -4.30. The van der Waals surface area contributed by atoms with Crippen molar-refractivity contribution >= 4 is 31.9 Å². The molecule has 0 radical (unpaired) electrons. The van der Waals surface area contributed by atoms with E-state index in [1.54, 1.807) is 0 Å². The van der Waals surface area contributed by atoms with Gasteiger partial charge in [-0.1, -0.05) is 15.9 Å². The van der Waals surface area contributed by atoms with Crippen LogP contribution in [0.4, 0.5) is 13.2 Å². The molecule has 0 amide bonds. The molecule has 0 fully saturated rings. The first-order valence-corrected chi connectivity index (χ1v) is 4.94. The highest BCUT2D eigenvalue weighted by atomic mass is 79.9. The van der Waals surface area contributed by atoms with Crippen LogP contribution < -0.4 is 0 Å². The summed E-state index contributed by atoms with van der Waals surface area (Å²) in [6, 6.07) is 2.83. The van der Waals surface area contributed by atoms with Gasteiger partial charge in [-0.15, -0.1) is 0 Å². The molecule has 0 N–H and O–H groups in total. The molecule has 0 bridgehead atoms. The van der Waals surface area contributed by atoms with E-state index in [9.17, 15) is 13.2 Å². The van der Waals surface area contributed by atoms with E-state index in [1.165, 1.54) is 18.3 Å². The van der Waals surface area contributed by atoms with Crippen LogP contribution in [0.3, 0.4) is 0 Å². The molecule has 1 nitrogen and oxygen atoms in total. The van der Waals surface area contributed by atoms with Crippen LogP contribution >= 0.6 is 31.9 Å². The van der Waals surface area contributed by atoms with Gasteiger partial charge < -0.3 is 0 Å². The van der Waals surface area contributed by atoms with Gasteiger partial charge in [-0.05, 0) is 28.1 Å². The Hall–Kier alpha value is -0.100. The number of pyridine rings is 1. The first-order valence-electron chi connectivity index (χ1n) is 3.23. The normalized spacial score (nSPS) is 14.2. The third-order valence-corrected chi connectivity index (χ3v) is 2.75. The van der Waals surface area contributed by atoms with Gasteiger partial charge in [0.1, 0.15) is 0 Å². The third kappa shape index (κ3) is 2.95. The second kappa shape index (κ2) is 3.96. The maximum Gasteiger partial charge on any atom is 0.406 e. The fraction of sp³-hybridized carbons (Fsp3) is 0.286. The zero-order valence-electron chi connectivity index (χ0n) is 6.15. The summed E-state index contributed by atoms with van der Waals surface area (Å²) in [5.74, 6) is 0. The fourth-order valence-electron chi connectivity index (χ4n) is 0.705. The van der Waals surface area contributed by atoms with E-state index in [2.05, 4.69) is 36.8 Å². The topological polar surface area (TPSA) is 12.9 Å². The Kier molecular flexibility index (Phi) is 3.34. The molecule has 1 unspecified atom stereocenters. The summed E-state index contributed by atoms with van der Waals surface area (Å²) in [5, 5.41) is 0. The summed E-state index contributed by atoms with van der Waals surface area (Å²) in [6.07, 6.45) is -2.98. The van der Waals surface area contributed by atoms with E-state index >= 15 is 0 Å². The minimum absolute atomic E-state index is 0.0456. The van der Waals surface area contributed by atoms with Gasteiger partial charge in [0.05, 0.1) is 5.69 Å². The second-order valence-corrected chi connectivity index (χ2v) is 4.14. The van der Waals surface area contributed by atoms with Crippen molar-refractivity contribution in [3.63, 3.8) is 0 Å². The molecular formula is C7H4Br2F3N. The molecule has 1 aromatic rings. The molecule has 6 heteroatoms. The van der Waals surface area contributed by atoms with Crippen LogP contribution in [0.15, 0.2) is 22.8 Å². The highest BCUT2D eigenvalue weighted by Crippen LogP contribution is 2.38. The van der Waals surface area contributed by atoms with Crippen LogP contribution in [0.5, 0.6) is 0 Å². The van der Waals surface area contributed by atoms with Crippen molar-refractivity contribution in [1.29, 1.82) is 0 Å². The third-order valence-electron chi connectivity index (χ3n) is 1.30. The van der Waals surface area contributed by atoms with E-state index in [1.807, 2.05) is 0 Å². The summed E-state index contributed by atoms with van der Waals surface area (Å²) in [5.41, 5.74) is -0.0456. The monoisotopic (exact) mass is 317 g/mol. The molecule has 13 heavy (non-hydrogen) atoms. The molecule has 0 aliphatic carbocycles. The quantitative estimate of drug-likeness (QED) is 0.717. The smallest absolute Gasteiger partial charge is 0.259 e. The largest absolute Gasteiger partial charge is 0.406 e. The SMILES string of the molecule is FC(F)(F)C(Br)c1ccc(Br)cn1. The molecule has 0 saturated heterocycles. The number of hydrogen-bond acceptors (Lipinski definition) is 1. The lowest BCUT2D eigenvalue weighted by Gasteiger charge is -2.12. The summed E-state index contributed by atoms with van der Waals surface area (Å²) >= 11 is 5.61. The van der Waals surface area contributed by atoms with Gasteiger partial charge in [-0.2, -0.15) is 13.2 Å². The Morgan fingerprint density at radius 2 is 1.92 bits per heavy atom. The van der Waals surface area contributed by atoms with Gasteiger partial charge in [0.25, 0.3) is 0 Å². The average molecular weight is 319 g/mol. The summed E-state index contributed by atoms with van der Waals surface area (Å²) < 4.78 is 37.1. The van der Waals surface area contributed by atoms with Crippen LogP contribution in [0, 0.1) is 0 Å². The predicted molar refractivity (Wildman–Crippen MR) is 49.7 cm³/mol. The Morgan fingerprint density at radius 1 is 1.31 bits per heavy atom. The maximum atomic E-state index is 12.1. The number of hydrogen-bond donors (Lipinski definition) is 0. The first-order chi connectivity index (χ1) is 5.91. The molecule has 0 aliphatic heterocycles. The molecule has 1 aromatic heterocycles.